The van der Waals surface area contributed by atoms with E-state index in [9.17, 15) is 5.11 Å². The molecule has 0 aliphatic heterocycles. The van der Waals surface area contributed by atoms with E-state index < -0.39 is 6.41 Å². The number of nitrogens with one attached hydrogen (secondary N) is 1. The normalized spacial score (nSPS) is 12.8. The second-order valence-electron chi connectivity index (χ2n) is 3.57. The van der Waals surface area contributed by atoms with Crippen molar-refractivity contribution in [2.45, 2.75) is 12.8 Å². The van der Waals surface area contributed by atoms with Gasteiger partial charge < -0.3 is 20.3 Å². The monoisotopic (exact) mass is 253 g/mol. The molecule has 2 heterocycles. The minimum absolute atomic E-state index is 0.0173. The van der Waals surface area contributed by atoms with Crippen LogP contribution in [0.5, 0.6) is 0 Å². The first-order chi connectivity index (χ1) is 8.77. The molecule has 0 saturated heterocycles. The summed E-state index contributed by atoms with van der Waals surface area (Å²) in [6.45, 7) is 0.269. The third-order valence-corrected chi connectivity index (χ3v) is 2.40. The first-order valence-electron chi connectivity index (χ1n) is 5.53. The number of aliphatic hydroxyl groups is 2. The van der Waals surface area contributed by atoms with Crippen molar-refractivity contribution in [3.8, 4) is 0 Å². The molecule has 0 amide bonds. The number of hydrogen-bond donors (Lipinski definition) is 3. The first-order valence-corrected chi connectivity index (χ1v) is 5.53. The largest absolute Gasteiger partial charge is 0.396 e. The smallest absolute Gasteiger partial charge is 0.244 e. The maximum Gasteiger partial charge on any atom is 0.244 e. The molecule has 0 spiro atoms. The fourth-order valence-electron chi connectivity index (χ4n) is 1.53. The van der Waals surface area contributed by atoms with E-state index in [-0.39, 0.29) is 13.2 Å². The standard InChI is InChI=1S/C10H15N5O3/c1-11-8-7-9(13-5-12-8)15(6-14-7)10(17)18-4-2-3-16/h5-6,10,16-17H,2-4H2,1H3,(H,11,12,13). The molecule has 0 aromatic carbocycles. The molecule has 0 aliphatic rings. The zero-order chi connectivity index (χ0) is 13.0. The number of ether oxygens (including phenoxy) is 1. The van der Waals surface area contributed by atoms with Gasteiger partial charge in [0, 0.05) is 13.7 Å². The quantitative estimate of drug-likeness (QED) is 0.480. The van der Waals surface area contributed by atoms with E-state index in [1.165, 1.54) is 17.2 Å². The van der Waals surface area contributed by atoms with Gasteiger partial charge in [0.1, 0.15) is 12.7 Å². The molecule has 8 nitrogen and oxygen atoms in total. The summed E-state index contributed by atoms with van der Waals surface area (Å²) in [4.78, 5) is 12.2. The van der Waals surface area contributed by atoms with Crippen molar-refractivity contribution in [1.82, 2.24) is 19.5 Å². The van der Waals surface area contributed by atoms with E-state index in [1.54, 1.807) is 7.05 Å². The third kappa shape index (κ3) is 2.40. The van der Waals surface area contributed by atoms with Crippen LogP contribution < -0.4 is 5.32 Å². The number of nitrogens with zero attached hydrogens (tertiary/aromatic N) is 4. The molecule has 2 aromatic rings. The topological polar surface area (TPSA) is 105 Å². The van der Waals surface area contributed by atoms with Crippen LogP contribution in [0.2, 0.25) is 0 Å². The summed E-state index contributed by atoms with van der Waals surface area (Å²) in [5.74, 6) is 0.585. The number of aromatic nitrogens is 4. The van der Waals surface area contributed by atoms with Crippen molar-refractivity contribution in [1.29, 1.82) is 0 Å². The Kier molecular flexibility index (Phi) is 4.03. The van der Waals surface area contributed by atoms with Crippen molar-refractivity contribution in [3.05, 3.63) is 12.7 Å². The lowest BCUT2D eigenvalue weighted by molar-refractivity contribution is -0.152. The SMILES string of the molecule is CNc1ncnc2c1ncn2C(O)OCCCO. The number of rotatable bonds is 6. The second kappa shape index (κ2) is 5.71. The summed E-state index contributed by atoms with van der Waals surface area (Å²) in [6, 6.07) is 0. The highest BCUT2D eigenvalue weighted by Gasteiger charge is 2.14. The summed E-state index contributed by atoms with van der Waals surface area (Å²) in [5.41, 5.74) is 1.04. The van der Waals surface area contributed by atoms with Crippen LogP contribution in [0.4, 0.5) is 5.82 Å². The van der Waals surface area contributed by atoms with Crippen LogP contribution in [-0.4, -0.2) is 50.0 Å². The highest BCUT2D eigenvalue weighted by Crippen LogP contribution is 2.19. The molecule has 1 unspecified atom stereocenters. The molecule has 0 fully saturated rings. The number of anilines is 1. The summed E-state index contributed by atoms with van der Waals surface area (Å²) in [5, 5.41) is 21.4. The molecule has 2 rings (SSSR count). The van der Waals surface area contributed by atoms with Crippen molar-refractivity contribution in [2.24, 2.45) is 0 Å². The molecule has 8 heteroatoms. The lowest BCUT2D eigenvalue weighted by Crippen LogP contribution is -2.13. The van der Waals surface area contributed by atoms with Gasteiger partial charge in [-0.05, 0) is 6.42 Å². The van der Waals surface area contributed by atoms with Crippen LogP contribution in [0, 0.1) is 0 Å². The van der Waals surface area contributed by atoms with Crippen molar-refractivity contribution < 1.29 is 14.9 Å². The number of hydrogen-bond acceptors (Lipinski definition) is 7. The van der Waals surface area contributed by atoms with E-state index in [0.29, 0.717) is 23.4 Å². The minimum atomic E-state index is -1.18. The van der Waals surface area contributed by atoms with Gasteiger partial charge >= 0.3 is 0 Å². The Morgan fingerprint density at radius 3 is 3.00 bits per heavy atom. The first kappa shape index (κ1) is 12.7. The van der Waals surface area contributed by atoms with Crippen LogP contribution >= 0.6 is 0 Å². The van der Waals surface area contributed by atoms with Crippen LogP contribution in [0.3, 0.4) is 0 Å². The Morgan fingerprint density at radius 1 is 1.44 bits per heavy atom. The van der Waals surface area contributed by atoms with E-state index in [0.717, 1.165) is 0 Å². The molecule has 3 N–H and O–H groups in total. The van der Waals surface area contributed by atoms with Crippen LogP contribution in [0.15, 0.2) is 12.7 Å². The van der Waals surface area contributed by atoms with Gasteiger partial charge in [0.2, 0.25) is 6.41 Å². The summed E-state index contributed by atoms with van der Waals surface area (Å²) < 4.78 is 6.54. The molecule has 0 radical (unpaired) electrons. The minimum Gasteiger partial charge on any atom is -0.396 e. The average Bonchev–Trinajstić information content (AvgIpc) is 2.82. The fraction of sp³-hybridized carbons (Fsp3) is 0.500. The van der Waals surface area contributed by atoms with Crippen molar-refractivity contribution >= 4 is 17.0 Å². The van der Waals surface area contributed by atoms with Gasteiger partial charge in [-0.15, -0.1) is 0 Å². The van der Waals surface area contributed by atoms with Crippen molar-refractivity contribution in [2.75, 3.05) is 25.6 Å². The lowest BCUT2D eigenvalue weighted by atomic mass is 10.5. The van der Waals surface area contributed by atoms with Crippen LogP contribution in [0.1, 0.15) is 12.8 Å². The summed E-state index contributed by atoms with van der Waals surface area (Å²) in [7, 11) is 1.73. The molecular weight excluding hydrogens is 238 g/mol. The third-order valence-electron chi connectivity index (χ3n) is 2.40. The fourth-order valence-corrected chi connectivity index (χ4v) is 1.53. The molecule has 1 atom stereocenters. The number of fused-ring (bicyclic) bond motifs is 1. The predicted molar refractivity (Wildman–Crippen MR) is 63.8 cm³/mol. The maximum absolute atomic E-state index is 9.84. The zero-order valence-electron chi connectivity index (χ0n) is 9.94. The molecule has 2 aromatic heterocycles. The van der Waals surface area contributed by atoms with Gasteiger partial charge in [-0.2, -0.15) is 0 Å². The predicted octanol–water partition coefficient (Wildman–Crippen LogP) is -0.285. The Labute approximate surface area is 103 Å². The van der Waals surface area contributed by atoms with Crippen LogP contribution in [-0.2, 0) is 4.74 Å². The molecule has 0 bridgehead atoms. The summed E-state index contributed by atoms with van der Waals surface area (Å²) in [6.07, 6.45) is 2.10. The van der Waals surface area contributed by atoms with Gasteiger partial charge in [-0.3, -0.25) is 4.57 Å². The van der Waals surface area contributed by atoms with Gasteiger partial charge in [-0.1, -0.05) is 0 Å². The van der Waals surface area contributed by atoms with Gasteiger partial charge in [0.15, 0.2) is 17.0 Å². The highest BCUT2D eigenvalue weighted by atomic mass is 16.6. The lowest BCUT2D eigenvalue weighted by Gasteiger charge is -2.13. The second-order valence-corrected chi connectivity index (χ2v) is 3.57. The van der Waals surface area contributed by atoms with E-state index >= 15 is 0 Å². The van der Waals surface area contributed by atoms with E-state index in [1.807, 2.05) is 0 Å². The zero-order valence-corrected chi connectivity index (χ0v) is 9.94. The Balaban J connectivity index is 2.23. The van der Waals surface area contributed by atoms with Crippen molar-refractivity contribution in [3.63, 3.8) is 0 Å². The molecule has 0 saturated carbocycles. The molecule has 0 aliphatic carbocycles. The Bertz CT molecular complexity index is 515. The van der Waals surface area contributed by atoms with Gasteiger partial charge in [-0.25, -0.2) is 15.0 Å². The molecule has 98 valence electrons. The number of aliphatic hydroxyl groups excluding tert-OH is 2. The highest BCUT2D eigenvalue weighted by molar-refractivity contribution is 5.82. The molecular formula is C10H15N5O3. The summed E-state index contributed by atoms with van der Waals surface area (Å²) >= 11 is 0. The van der Waals surface area contributed by atoms with E-state index in [4.69, 9.17) is 9.84 Å². The average molecular weight is 253 g/mol. The Morgan fingerprint density at radius 2 is 2.28 bits per heavy atom. The Hall–Kier alpha value is -1.77. The van der Waals surface area contributed by atoms with E-state index in [2.05, 4.69) is 20.3 Å². The maximum atomic E-state index is 9.84. The number of imidazole rings is 1. The molecule has 18 heavy (non-hydrogen) atoms. The van der Waals surface area contributed by atoms with Crippen LogP contribution in [0.25, 0.3) is 11.2 Å². The van der Waals surface area contributed by atoms with Gasteiger partial charge in [0.25, 0.3) is 0 Å². The van der Waals surface area contributed by atoms with Gasteiger partial charge in [0.05, 0.1) is 6.61 Å².